The van der Waals surface area contributed by atoms with E-state index in [-0.39, 0.29) is 0 Å². The molecule has 0 atom stereocenters. The van der Waals surface area contributed by atoms with E-state index in [2.05, 4.69) is 136 Å². The third-order valence-corrected chi connectivity index (χ3v) is 10.9. The van der Waals surface area contributed by atoms with Crippen LogP contribution < -0.4 is 0 Å². The molecule has 4 heterocycles. The van der Waals surface area contributed by atoms with Crippen molar-refractivity contribution in [3.05, 3.63) is 176 Å². The fraction of sp³-hybridized carbons (Fsp3) is 0. The lowest BCUT2D eigenvalue weighted by Crippen LogP contribution is -2.06. The second-order valence-corrected chi connectivity index (χ2v) is 14.1. The summed E-state index contributed by atoms with van der Waals surface area (Å²) in [5, 5.41) is 7.78. The Morgan fingerprint density at radius 2 is 1.00 bits per heavy atom. The average molecular weight is 716 g/mol. The smallest absolute Gasteiger partial charge is 0.221 e. The monoisotopic (exact) mass is 715 g/mol. The molecule has 7 nitrogen and oxygen atoms in total. The zero-order valence-corrected chi connectivity index (χ0v) is 29.9. The van der Waals surface area contributed by atoms with Crippen LogP contribution in [-0.2, 0) is 0 Å². The SMILES string of the molecule is c1ccc(-c2nc(-c3ccc4c(c3)c3c5ccccc5ccc3n4-c3nc4ccccc4c4nc5ccccc5n34)nc(-c3cccc4ccccc34)n2)cc1. The molecule has 0 saturated heterocycles. The maximum atomic E-state index is 5.40. The first-order valence-corrected chi connectivity index (χ1v) is 18.7. The zero-order valence-electron chi connectivity index (χ0n) is 29.9. The maximum Gasteiger partial charge on any atom is 0.221 e. The predicted octanol–water partition coefficient (Wildman–Crippen LogP) is 11.6. The van der Waals surface area contributed by atoms with Crippen LogP contribution in [-0.4, -0.2) is 33.9 Å². The first-order valence-electron chi connectivity index (χ1n) is 18.7. The number of hydrogen-bond acceptors (Lipinski definition) is 5. The molecule has 8 aromatic carbocycles. The van der Waals surface area contributed by atoms with Crippen molar-refractivity contribution >= 4 is 70.9 Å². The number of hydrogen-bond donors (Lipinski definition) is 0. The summed E-state index contributed by atoms with van der Waals surface area (Å²) >= 11 is 0. The molecule has 56 heavy (non-hydrogen) atoms. The van der Waals surface area contributed by atoms with Gasteiger partial charge in [0.15, 0.2) is 17.5 Å². The van der Waals surface area contributed by atoms with E-state index in [1.807, 2.05) is 48.5 Å². The summed E-state index contributed by atoms with van der Waals surface area (Å²) in [5.74, 6) is 2.64. The first-order chi connectivity index (χ1) is 27.8. The molecule has 12 rings (SSSR count). The van der Waals surface area contributed by atoms with Crippen molar-refractivity contribution < 1.29 is 0 Å². The van der Waals surface area contributed by atoms with Crippen LogP contribution in [0.15, 0.2) is 176 Å². The molecule has 0 fully saturated rings. The highest BCUT2D eigenvalue weighted by Gasteiger charge is 2.22. The zero-order chi connectivity index (χ0) is 36.7. The molecule has 12 aromatic rings. The van der Waals surface area contributed by atoms with Crippen molar-refractivity contribution in [3.63, 3.8) is 0 Å². The number of para-hydroxylation sites is 3. The molecule has 0 spiro atoms. The van der Waals surface area contributed by atoms with Gasteiger partial charge in [-0.3, -0.25) is 8.97 Å². The van der Waals surface area contributed by atoms with Gasteiger partial charge in [0.2, 0.25) is 5.95 Å². The molecule has 0 saturated carbocycles. The number of aromatic nitrogens is 7. The molecule has 0 bridgehead atoms. The number of nitrogens with zero attached hydrogens (tertiary/aromatic N) is 7. The van der Waals surface area contributed by atoms with E-state index in [0.29, 0.717) is 17.5 Å². The van der Waals surface area contributed by atoms with Crippen molar-refractivity contribution in [3.8, 4) is 40.1 Å². The van der Waals surface area contributed by atoms with Crippen molar-refractivity contribution in [1.82, 2.24) is 33.9 Å². The Hall–Kier alpha value is -7.77. The van der Waals surface area contributed by atoms with Crippen LogP contribution in [0.25, 0.3) is 111 Å². The summed E-state index contributed by atoms with van der Waals surface area (Å²) in [7, 11) is 0. The van der Waals surface area contributed by atoms with E-state index in [1.165, 1.54) is 5.39 Å². The van der Waals surface area contributed by atoms with Gasteiger partial charge in [-0.15, -0.1) is 0 Å². The van der Waals surface area contributed by atoms with Gasteiger partial charge in [-0.1, -0.05) is 127 Å². The number of rotatable bonds is 4. The van der Waals surface area contributed by atoms with Crippen molar-refractivity contribution in [2.24, 2.45) is 0 Å². The summed E-state index contributed by atoms with van der Waals surface area (Å²) in [6.07, 6.45) is 0. The van der Waals surface area contributed by atoms with Crippen molar-refractivity contribution in [2.45, 2.75) is 0 Å². The molecule has 7 heteroatoms. The van der Waals surface area contributed by atoms with Gasteiger partial charge in [0.1, 0.15) is 5.65 Å². The van der Waals surface area contributed by atoms with Gasteiger partial charge < -0.3 is 0 Å². The Morgan fingerprint density at radius 3 is 1.86 bits per heavy atom. The highest BCUT2D eigenvalue weighted by molar-refractivity contribution is 6.22. The summed E-state index contributed by atoms with van der Waals surface area (Å²) in [6.45, 7) is 0. The molecular weight excluding hydrogens is 687 g/mol. The minimum Gasteiger partial charge on any atom is -0.279 e. The van der Waals surface area contributed by atoms with Gasteiger partial charge in [-0.05, 0) is 70.1 Å². The molecule has 0 radical (unpaired) electrons. The lowest BCUT2D eigenvalue weighted by atomic mass is 10.0. The third kappa shape index (κ3) is 4.55. The minimum absolute atomic E-state index is 0.608. The normalized spacial score (nSPS) is 11.9. The summed E-state index contributed by atoms with van der Waals surface area (Å²) < 4.78 is 4.49. The molecule has 260 valence electrons. The Labute approximate surface area is 319 Å². The van der Waals surface area contributed by atoms with Gasteiger partial charge in [0.05, 0.1) is 27.6 Å². The minimum atomic E-state index is 0.608. The molecule has 0 unspecified atom stereocenters. The lowest BCUT2D eigenvalue weighted by Gasteiger charge is -2.13. The third-order valence-electron chi connectivity index (χ3n) is 10.9. The standard InChI is InChI=1S/C49H29N7/c1-2-15-32(16-3-1)45-52-46(54-47(53-45)36-21-12-17-30-13-4-6-18-34(30)36)33-26-27-41-38(29-33)44-35-19-7-5-14-31(35)25-28-43(44)55(41)49-51-39-22-9-8-20-37(39)48-50-40-23-10-11-24-42(40)56(48)49/h1-29H. The van der Waals surface area contributed by atoms with Gasteiger partial charge in [-0.2, -0.15) is 0 Å². The van der Waals surface area contributed by atoms with Crippen LogP contribution in [0, 0.1) is 0 Å². The topological polar surface area (TPSA) is 73.8 Å². The van der Waals surface area contributed by atoms with Crippen LogP contribution in [0.4, 0.5) is 0 Å². The van der Waals surface area contributed by atoms with Crippen LogP contribution in [0.1, 0.15) is 0 Å². The highest BCUT2D eigenvalue weighted by Crippen LogP contribution is 2.40. The number of imidazole rings is 1. The second-order valence-electron chi connectivity index (χ2n) is 14.1. The predicted molar refractivity (Wildman–Crippen MR) is 227 cm³/mol. The fourth-order valence-electron chi connectivity index (χ4n) is 8.38. The van der Waals surface area contributed by atoms with E-state index in [4.69, 9.17) is 24.9 Å². The van der Waals surface area contributed by atoms with Crippen molar-refractivity contribution in [2.75, 3.05) is 0 Å². The van der Waals surface area contributed by atoms with Gasteiger partial charge >= 0.3 is 0 Å². The summed E-state index contributed by atoms with van der Waals surface area (Å²) in [6, 6.07) is 60.9. The van der Waals surface area contributed by atoms with E-state index in [9.17, 15) is 0 Å². The largest absolute Gasteiger partial charge is 0.279 e. The molecule has 0 aliphatic carbocycles. The van der Waals surface area contributed by atoms with Crippen LogP contribution in [0.5, 0.6) is 0 Å². The van der Waals surface area contributed by atoms with Crippen LogP contribution in [0.2, 0.25) is 0 Å². The van der Waals surface area contributed by atoms with Crippen LogP contribution in [0.3, 0.4) is 0 Å². The first kappa shape index (κ1) is 30.7. The Bertz CT molecular complexity index is 3540. The molecular formula is C49H29N7. The van der Waals surface area contributed by atoms with Gasteiger partial charge in [0.25, 0.3) is 0 Å². The lowest BCUT2D eigenvalue weighted by molar-refractivity contribution is 0.979. The Morgan fingerprint density at radius 1 is 0.357 bits per heavy atom. The van der Waals surface area contributed by atoms with Crippen molar-refractivity contribution in [1.29, 1.82) is 0 Å². The van der Waals surface area contributed by atoms with E-state index in [1.54, 1.807) is 0 Å². The van der Waals surface area contributed by atoms with E-state index < -0.39 is 0 Å². The molecule has 4 aromatic heterocycles. The van der Waals surface area contributed by atoms with E-state index >= 15 is 0 Å². The summed E-state index contributed by atoms with van der Waals surface area (Å²) in [4.78, 5) is 26.0. The molecule has 0 aliphatic heterocycles. The molecule has 0 N–H and O–H groups in total. The molecule has 0 aliphatic rings. The number of fused-ring (bicyclic) bond motifs is 11. The summed E-state index contributed by atoms with van der Waals surface area (Å²) in [5.41, 5.74) is 8.55. The van der Waals surface area contributed by atoms with E-state index in [0.717, 1.165) is 88.2 Å². The fourth-order valence-corrected chi connectivity index (χ4v) is 8.38. The molecule has 0 amide bonds. The van der Waals surface area contributed by atoms with Gasteiger partial charge in [0, 0.05) is 32.8 Å². The quantitative estimate of drug-likeness (QED) is 0.181. The average Bonchev–Trinajstić information content (AvgIpc) is 3.83. The number of benzene rings is 8. The Kier molecular flexibility index (Phi) is 6.50. The Balaban J connectivity index is 1.17. The second kappa shape index (κ2) is 11.9. The maximum absolute atomic E-state index is 5.40. The highest BCUT2D eigenvalue weighted by atomic mass is 15.2. The van der Waals surface area contributed by atoms with Gasteiger partial charge in [-0.25, -0.2) is 24.9 Å². The van der Waals surface area contributed by atoms with Crippen LogP contribution >= 0.6 is 0 Å².